The van der Waals surface area contributed by atoms with Gasteiger partial charge in [0.15, 0.2) is 11.6 Å². The molecule has 1 aliphatic heterocycles. The number of carbonyl (C=O) groups excluding carboxylic acids is 1. The maximum atomic E-state index is 11.5. The van der Waals surface area contributed by atoms with Crippen LogP contribution in [0.15, 0.2) is 60.7 Å². The van der Waals surface area contributed by atoms with E-state index in [4.69, 9.17) is 14.5 Å². The first-order valence-electron chi connectivity index (χ1n) is 9.25. The van der Waals surface area contributed by atoms with Gasteiger partial charge in [-0.05, 0) is 31.2 Å². The van der Waals surface area contributed by atoms with E-state index in [0.717, 1.165) is 24.5 Å². The van der Waals surface area contributed by atoms with E-state index >= 15 is 0 Å². The molecule has 6 heteroatoms. The molecule has 1 fully saturated rings. The van der Waals surface area contributed by atoms with E-state index in [-0.39, 0.29) is 5.78 Å². The average Bonchev–Trinajstić information content (AvgIpc) is 2.75. The van der Waals surface area contributed by atoms with Crippen molar-refractivity contribution in [3.05, 3.63) is 66.2 Å². The van der Waals surface area contributed by atoms with Crippen LogP contribution in [0.2, 0.25) is 0 Å². The van der Waals surface area contributed by atoms with Crippen LogP contribution in [-0.4, -0.2) is 42.1 Å². The van der Waals surface area contributed by atoms with Gasteiger partial charge in [-0.3, -0.25) is 4.79 Å². The molecule has 3 aromatic rings. The van der Waals surface area contributed by atoms with E-state index < -0.39 is 0 Å². The maximum Gasteiger partial charge on any atom is 0.224 e. The third-order valence-electron chi connectivity index (χ3n) is 4.54. The topological polar surface area (TPSA) is 64.5 Å². The number of hydrogen-bond donors (Lipinski definition) is 0. The van der Waals surface area contributed by atoms with Gasteiger partial charge in [0.2, 0.25) is 5.88 Å². The molecule has 4 rings (SSSR count). The molecule has 0 amide bonds. The molecule has 1 aromatic heterocycles. The molecule has 0 unspecified atom stereocenters. The summed E-state index contributed by atoms with van der Waals surface area (Å²) in [5.74, 6) is 2.53. The van der Waals surface area contributed by atoms with Crippen molar-refractivity contribution in [1.82, 2.24) is 9.97 Å². The summed E-state index contributed by atoms with van der Waals surface area (Å²) in [5.41, 5.74) is 1.57. The third kappa shape index (κ3) is 4.18. The molecule has 142 valence electrons. The van der Waals surface area contributed by atoms with E-state index in [1.165, 1.54) is 0 Å². The van der Waals surface area contributed by atoms with Crippen LogP contribution < -0.4 is 9.64 Å². The van der Waals surface area contributed by atoms with E-state index in [1.807, 2.05) is 36.4 Å². The third-order valence-corrected chi connectivity index (χ3v) is 4.54. The number of aromatic nitrogens is 2. The number of ketones is 1. The maximum absolute atomic E-state index is 11.5. The van der Waals surface area contributed by atoms with Gasteiger partial charge < -0.3 is 14.4 Å². The standard InChI is InChI=1S/C22H21N3O3/c1-16(26)17-7-9-19(10-8-17)28-21-15-20(25-11-13-27-14-12-25)23-22(24-21)18-5-3-2-4-6-18/h2-10,15H,11-14H2,1H3. The van der Waals surface area contributed by atoms with Crippen molar-refractivity contribution >= 4 is 11.6 Å². The molecule has 0 bridgehead atoms. The summed E-state index contributed by atoms with van der Waals surface area (Å²) in [7, 11) is 0. The number of carbonyl (C=O) groups is 1. The van der Waals surface area contributed by atoms with E-state index in [2.05, 4.69) is 9.88 Å². The first-order chi connectivity index (χ1) is 13.7. The zero-order valence-electron chi connectivity index (χ0n) is 15.7. The highest BCUT2D eigenvalue weighted by atomic mass is 16.5. The second-order valence-corrected chi connectivity index (χ2v) is 6.54. The van der Waals surface area contributed by atoms with Gasteiger partial charge in [-0.1, -0.05) is 30.3 Å². The minimum absolute atomic E-state index is 0.0227. The summed E-state index contributed by atoms with van der Waals surface area (Å²) in [4.78, 5) is 23.0. The van der Waals surface area contributed by atoms with E-state index in [0.29, 0.717) is 36.2 Å². The summed E-state index contributed by atoms with van der Waals surface area (Å²) in [6, 6.07) is 18.7. The van der Waals surface area contributed by atoms with Crippen molar-refractivity contribution in [1.29, 1.82) is 0 Å². The van der Waals surface area contributed by atoms with Crippen LogP contribution in [0.4, 0.5) is 5.82 Å². The molecule has 2 heterocycles. The molecule has 1 aliphatic rings. The van der Waals surface area contributed by atoms with Gasteiger partial charge in [-0.2, -0.15) is 4.98 Å². The average molecular weight is 375 g/mol. The predicted molar refractivity (Wildman–Crippen MR) is 107 cm³/mol. The van der Waals surface area contributed by atoms with Crippen molar-refractivity contribution < 1.29 is 14.3 Å². The number of nitrogens with zero attached hydrogens (tertiary/aromatic N) is 3. The van der Waals surface area contributed by atoms with Crippen molar-refractivity contribution in [3.8, 4) is 23.0 Å². The fourth-order valence-electron chi connectivity index (χ4n) is 3.01. The van der Waals surface area contributed by atoms with Gasteiger partial charge in [0.1, 0.15) is 11.6 Å². The Morgan fingerprint density at radius 1 is 1.00 bits per heavy atom. The van der Waals surface area contributed by atoms with Gasteiger partial charge >= 0.3 is 0 Å². The van der Waals surface area contributed by atoms with Crippen LogP contribution in [0.25, 0.3) is 11.4 Å². The Bertz CT molecular complexity index is 953. The van der Waals surface area contributed by atoms with Crippen molar-refractivity contribution in [2.45, 2.75) is 6.92 Å². The molecule has 1 saturated heterocycles. The van der Waals surface area contributed by atoms with Crippen molar-refractivity contribution in [3.63, 3.8) is 0 Å². The van der Waals surface area contributed by atoms with E-state index in [1.54, 1.807) is 31.2 Å². The fourth-order valence-corrected chi connectivity index (χ4v) is 3.01. The van der Waals surface area contributed by atoms with Gasteiger partial charge in [-0.15, -0.1) is 0 Å². The van der Waals surface area contributed by atoms with Crippen LogP contribution in [-0.2, 0) is 4.74 Å². The number of hydrogen-bond acceptors (Lipinski definition) is 6. The van der Waals surface area contributed by atoms with Crippen LogP contribution in [0, 0.1) is 0 Å². The predicted octanol–water partition coefficient (Wildman–Crippen LogP) is 3.98. The largest absolute Gasteiger partial charge is 0.439 e. The highest BCUT2D eigenvalue weighted by molar-refractivity contribution is 5.94. The van der Waals surface area contributed by atoms with Gasteiger partial charge in [-0.25, -0.2) is 4.98 Å². The number of rotatable bonds is 5. The first-order valence-corrected chi connectivity index (χ1v) is 9.25. The highest BCUT2D eigenvalue weighted by Gasteiger charge is 2.16. The Balaban J connectivity index is 1.67. The second kappa shape index (κ2) is 8.19. The van der Waals surface area contributed by atoms with Crippen molar-refractivity contribution in [2.24, 2.45) is 0 Å². The molecule has 0 radical (unpaired) electrons. The quantitative estimate of drug-likeness (QED) is 0.629. The zero-order valence-corrected chi connectivity index (χ0v) is 15.7. The monoisotopic (exact) mass is 375 g/mol. The number of ether oxygens (including phenoxy) is 2. The zero-order chi connectivity index (χ0) is 19.3. The molecule has 2 aromatic carbocycles. The molecular weight excluding hydrogens is 354 g/mol. The number of anilines is 1. The van der Waals surface area contributed by atoms with Crippen LogP contribution in [0.5, 0.6) is 11.6 Å². The Morgan fingerprint density at radius 2 is 1.71 bits per heavy atom. The summed E-state index contributed by atoms with van der Waals surface area (Å²) in [6.45, 7) is 4.44. The lowest BCUT2D eigenvalue weighted by Gasteiger charge is -2.28. The molecule has 0 N–H and O–H groups in total. The lowest BCUT2D eigenvalue weighted by molar-refractivity contribution is 0.101. The minimum Gasteiger partial charge on any atom is -0.439 e. The number of Topliss-reactive ketones (excluding diaryl/α,β-unsaturated/α-hetero) is 1. The SMILES string of the molecule is CC(=O)c1ccc(Oc2cc(N3CCOCC3)nc(-c3ccccc3)n2)cc1. The lowest BCUT2D eigenvalue weighted by Crippen LogP contribution is -2.36. The molecule has 6 nitrogen and oxygen atoms in total. The number of benzene rings is 2. The summed E-state index contributed by atoms with van der Waals surface area (Å²) < 4.78 is 11.4. The molecule has 28 heavy (non-hydrogen) atoms. The summed E-state index contributed by atoms with van der Waals surface area (Å²) in [6.07, 6.45) is 0. The van der Waals surface area contributed by atoms with E-state index in [9.17, 15) is 4.79 Å². The van der Waals surface area contributed by atoms with Crippen LogP contribution in [0.3, 0.4) is 0 Å². The Labute approximate surface area is 163 Å². The molecule has 0 saturated carbocycles. The summed E-state index contributed by atoms with van der Waals surface area (Å²) in [5, 5.41) is 0. The number of morpholine rings is 1. The van der Waals surface area contributed by atoms with Crippen LogP contribution >= 0.6 is 0 Å². The Hall–Kier alpha value is -3.25. The Morgan fingerprint density at radius 3 is 2.39 bits per heavy atom. The minimum atomic E-state index is 0.0227. The summed E-state index contributed by atoms with van der Waals surface area (Å²) >= 11 is 0. The van der Waals surface area contributed by atoms with Gasteiger partial charge in [0.05, 0.1) is 13.2 Å². The normalized spacial score (nSPS) is 14.0. The van der Waals surface area contributed by atoms with Gasteiger partial charge in [0.25, 0.3) is 0 Å². The Kier molecular flexibility index (Phi) is 5.30. The molecule has 0 spiro atoms. The molecule has 0 atom stereocenters. The first kappa shape index (κ1) is 18.1. The molecule has 0 aliphatic carbocycles. The van der Waals surface area contributed by atoms with Crippen molar-refractivity contribution in [2.75, 3.05) is 31.2 Å². The lowest BCUT2D eigenvalue weighted by atomic mass is 10.1. The highest BCUT2D eigenvalue weighted by Crippen LogP contribution is 2.27. The fraction of sp³-hybridized carbons (Fsp3) is 0.227. The second-order valence-electron chi connectivity index (χ2n) is 6.54. The molecular formula is C22H21N3O3. The van der Waals surface area contributed by atoms with Crippen LogP contribution in [0.1, 0.15) is 17.3 Å². The smallest absolute Gasteiger partial charge is 0.224 e. The van der Waals surface area contributed by atoms with Gasteiger partial charge in [0, 0.05) is 30.3 Å².